The van der Waals surface area contributed by atoms with Gasteiger partial charge in [-0.05, 0) is 26.2 Å². The molecule has 3 heteroatoms. The van der Waals surface area contributed by atoms with Crippen molar-refractivity contribution >= 4 is 5.91 Å². The lowest BCUT2D eigenvalue weighted by molar-refractivity contribution is -0.152. The first-order chi connectivity index (χ1) is 6.14. The summed E-state index contributed by atoms with van der Waals surface area (Å²) in [5, 5.41) is 0. The van der Waals surface area contributed by atoms with Crippen LogP contribution < -0.4 is 0 Å². The van der Waals surface area contributed by atoms with E-state index in [9.17, 15) is 4.79 Å². The molecule has 1 amide bonds. The van der Waals surface area contributed by atoms with Crippen molar-refractivity contribution in [2.24, 2.45) is 0 Å². The molecule has 1 atom stereocenters. The summed E-state index contributed by atoms with van der Waals surface area (Å²) in [6, 6.07) is 0. The van der Waals surface area contributed by atoms with E-state index in [0.717, 1.165) is 32.4 Å². The Hall–Kier alpha value is -0.570. The molecule has 1 aliphatic rings. The summed E-state index contributed by atoms with van der Waals surface area (Å²) in [6.45, 7) is 5.65. The molecule has 0 N–H and O–H groups in total. The number of likely N-dealkylation sites (tertiary alicyclic amines) is 1. The molecule has 0 aromatic heterocycles. The summed E-state index contributed by atoms with van der Waals surface area (Å²) in [5.74, 6) is 0.148. The molecule has 1 saturated heterocycles. The van der Waals surface area contributed by atoms with Gasteiger partial charge in [-0.25, -0.2) is 0 Å². The third-order valence-corrected chi connectivity index (χ3v) is 2.97. The quantitative estimate of drug-likeness (QED) is 0.665. The molecule has 3 nitrogen and oxygen atoms in total. The summed E-state index contributed by atoms with van der Waals surface area (Å²) >= 11 is 0. The predicted octanol–water partition coefficient (Wildman–Crippen LogP) is 1.42. The molecule has 0 spiro atoms. The molecule has 0 aliphatic carbocycles. The van der Waals surface area contributed by atoms with E-state index < -0.39 is 5.60 Å². The fourth-order valence-electron chi connectivity index (χ4n) is 1.64. The van der Waals surface area contributed by atoms with Gasteiger partial charge in [0.15, 0.2) is 0 Å². The molecule has 0 aromatic carbocycles. The van der Waals surface area contributed by atoms with Gasteiger partial charge in [0, 0.05) is 20.2 Å². The zero-order chi connectivity index (χ0) is 9.90. The number of rotatable bonds is 3. The number of ether oxygens (including phenoxy) is 1. The van der Waals surface area contributed by atoms with Gasteiger partial charge in [-0.3, -0.25) is 4.79 Å². The fourth-order valence-corrected chi connectivity index (χ4v) is 1.64. The monoisotopic (exact) mass is 185 g/mol. The van der Waals surface area contributed by atoms with Crippen LogP contribution in [0.4, 0.5) is 0 Å². The molecule has 13 heavy (non-hydrogen) atoms. The second-order valence-corrected chi connectivity index (χ2v) is 3.79. The average molecular weight is 185 g/mol. The molecule has 0 bridgehead atoms. The van der Waals surface area contributed by atoms with Gasteiger partial charge >= 0.3 is 0 Å². The fraction of sp³-hybridized carbons (Fsp3) is 0.900. The second kappa shape index (κ2) is 4.09. The Balaban J connectivity index is 2.63. The first kappa shape index (κ1) is 10.5. The molecule has 1 heterocycles. The number of hydrogen-bond donors (Lipinski definition) is 0. The zero-order valence-electron chi connectivity index (χ0n) is 8.80. The number of hydrogen-bond acceptors (Lipinski definition) is 2. The molecule has 0 saturated carbocycles. The highest BCUT2D eigenvalue weighted by Gasteiger charge is 2.35. The zero-order valence-corrected chi connectivity index (χ0v) is 8.80. The lowest BCUT2D eigenvalue weighted by atomic mass is 10.0. The Kier molecular flexibility index (Phi) is 3.31. The maximum atomic E-state index is 11.9. The van der Waals surface area contributed by atoms with Crippen molar-refractivity contribution in [1.82, 2.24) is 4.90 Å². The number of nitrogens with zero attached hydrogens (tertiary/aromatic N) is 1. The van der Waals surface area contributed by atoms with Crippen LogP contribution in [0.5, 0.6) is 0 Å². The predicted molar refractivity (Wildman–Crippen MR) is 51.5 cm³/mol. The molecule has 1 rings (SSSR count). The van der Waals surface area contributed by atoms with Gasteiger partial charge in [-0.15, -0.1) is 0 Å². The highest BCUT2D eigenvalue weighted by atomic mass is 16.5. The molecular weight excluding hydrogens is 166 g/mol. The van der Waals surface area contributed by atoms with Crippen LogP contribution in [0, 0.1) is 0 Å². The van der Waals surface area contributed by atoms with Crippen LogP contribution in [0.15, 0.2) is 0 Å². The van der Waals surface area contributed by atoms with E-state index >= 15 is 0 Å². The minimum Gasteiger partial charge on any atom is -0.369 e. The highest BCUT2D eigenvalue weighted by Crippen LogP contribution is 2.20. The van der Waals surface area contributed by atoms with Gasteiger partial charge in [0.05, 0.1) is 0 Å². The van der Waals surface area contributed by atoms with Crippen molar-refractivity contribution in [3.05, 3.63) is 0 Å². The first-order valence-corrected chi connectivity index (χ1v) is 4.98. The summed E-state index contributed by atoms with van der Waals surface area (Å²) in [5.41, 5.74) is -0.607. The minimum atomic E-state index is -0.607. The second-order valence-electron chi connectivity index (χ2n) is 3.79. The Morgan fingerprint density at radius 2 is 2.00 bits per heavy atom. The maximum Gasteiger partial charge on any atom is 0.254 e. The van der Waals surface area contributed by atoms with Crippen molar-refractivity contribution in [3.63, 3.8) is 0 Å². The summed E-state index contributed by atoms with van der Waals surface area (Å²) in [7, 11) is 1.61. The smallest absolute Gasteiger partial charge is 0.254 e. The Morgan fingerprint density at radius 1 is 1.46 bits per heavy atom. The first-order valence-electron chi connectivity index (χ1n) is 4.98. The van der Waals surface area contributed by atoms with E-state index in [4.69, 9.17) is 4.74 Å². The number of methoxy groups -OCH3 is 1. The Bertz CT molecular complexity index is 181. The summed E-state index contributed by atoms with van der Waals surface area (Å²) in [4.78, 5) is 13.8. The van der Waals surface area contributed by atoms with Crippen LogP contribution >= 0.6 is 0 Å². The third-order valence-electron chi connectivity index (χ3n) is 2.97. The van der Waals surface area contributed by atoms with Crippen molar-refractivity contribution in [2.45, 2.75) is 38.7 Å². The molecule has 0 radical (unpaired) electrons. The van der Waals surface area contributed by atoms with Gasteiger partial charge in [0.25, 0.3) is 5.91 Å². The maximum absolute atomic E-state index is 11.9. The Labute approximate surface area is 80.1 Å². The highest BCUT2D eigenvalue weighted by molar-refractivity contribution is 5.85. The normalized spacial score (nSPS) is 21.6. The van der Waals surface area contributed by atoms with Crippen LogP contribution in [0.3, 0.4) is 0 Å². The average Bonchev–Trinajstić information content (AvgIpc) is 2.68. The van der Waals surface area contributed by atoms with Gasteiger partial charge in [0.1, 0.15) is 5.60 Å². The van der Waals surface area contributed by atoms with Crippen LogP contribution in [-0.2, 0) is 9.53 Å². The molecular formula is C10H19NO2. The van der Waals surface area contributed by atoms with Gasteiger partial charge < -0.3 is 9.64 Å². The van der Waals surface area contributed by atoms with Crippen molar-refractivity contribution in [1.29, 1.82) is 0 Å². The van der Waals surface area contributed by atoms with Crippen LogP contribution in [-0.4, -0.2) is 36.6 Å². The Morgan fingerprint density at radius 3 is 2.38 bits per heavy atom. The van der Waals surface area contributed by atoms with E-state index in [1.54, 1.807) is 7.11 Å². The lowest BCUT2D eigenvalue weighted by Gasteiger charge is -2.30. The topological polar surface area (TPSA) is 29.5 Å². The largest absolute Gasteiger partial charge is 0.369 e. The van der Waals surface area contributed by atoms with Gasteiger partial charge in [-0.2, -0.15) is 0 Å². The number of carbonyl (C=O) groups is 1. The number of carbonyl (C=O) groups excluding carboxylic acids is 1. The summed E-state index contributed by atoms with van der Waals surface area (Å²) in [6.07, 6.45) is 3.00. The van der Waals surface area contributed by atoms with E-state index in [1.807, 2.05) is 18.7 Å². The lowest BCUT2D eigenvalue weighted by Crippen LogP contribution is -2.46. The standard InChI is InChI=1S/C10H19NO2/c1-4-10(2,13-3)9(12)11-7-5-6-8-11/h4-8H2,1-3H3. The van der Waals surface area contributed by atoms with Crippen molar-refractivity contribution in [3.8, 4) is 0 Å². The van der Waals surface area contributed by atoms with E-state index in [-0.39, 0.29) is 5.91 Å². The van der Waals surface area contributed by atoms with E-state index in [0.29, 0.717) is 0 Å². The van der Waals surface area contributed by atoms with E-state index in [1.165, 1.54) is 0 Å². The molecule has 0 aromatic rings. The number of amides is 1. The van der Waals surface area contributed by atoms with Crippen molar-refractivity contribution < 1.29 is 9.53 Å². The van der Waals surface area contributed by atoms with Crippen molar-refractivity contribution in [2.75, 3.05) is 20.2 Å². The molecule has 1 unspecified atom stereocenters. The van der Waals surface area contributed by atoms with E-state index in [2.05, 4.69) is 0 Å². The minimum absolute atomic E-state index is 0.148. The third kappa shape index (κ3) is 2.02. The van der Waals surface area contributed by atoms with Crippen LogP contribution in [0.2, 0.25) is 0 Å². The van der Waals surface area contributed by atoms with Gasteiger partial charge in [0.2, 0.25) is 0 Å². The molecule has 1 aliphatic heterocycles. The molecule has 76 valence electrons. The van der Waals surface area contributed by atoms with Crippen LogP contribution in [0.25, 0.3) is 0 Å². The van der Waals surface area contributed by atoms with Crippen LogP contribution in [0.1, 0.15) is 33.1 Å². The summed E-state index contributed by atoms with van der Waals surface area (Å²) < 4.78 is 5.27. The van der Waals surface area contributed by atoms with Gasteiger partial charge in [-0.1, -0.05) is 6.92 Å². The SMILES string of the molecule is CCC(C)(OC)C(=O)N1CCCC1. The molecule has 1 fully saturated rings.